The highest BCUT2D eigenvalue weighted by atomic mass is 16.7. The van der Waals surface area contributed by atoms with E-state index in [-0.39, 0.29) is 0 Å². The minimum absolute atomic E-state index is 0.306. The van der Waals surface area contributed by atoms with E-state index in [2.05, 4.69) is 29.2 Å². The molecule has 2 aliphatic rings. The van der Waals surface area contributed by atoms with Crippen LogP contribution in [0.25, 0.3) is 0 Å². The van der Waals surface area contributed by atoms with Crippen molar-refractivity contribution in [3.05, 3.63) is 83.9 Å². The second kappa shape index (κ2) is 8.90. The van der Waals surface area contributed by atoms with Crippen molar-refractivity contribution in [2.45, 2.75) is 18.4 Å². The van der Waals surface area contributed by atoms with Crippen LogP contribution in [0, 0.1) is 0 Å². The van der Waals surface area contributed by atoms with Crippen LogP contribution in [0.1, 0.15) is 29.5 Å². The van der Waals surface area contributed by atoms with Crippen LogP contribution in [0.3, 0.4) is 0 Å². The van der Waals surface area contributed by atoms with Gasteiger partial charge in [-0.2, -0.15) is 0 Å². The molecule has 2 atom stereocenters. The summed E-state index contributed by atoms with van der Waals surface area (Å²) in [5, 5.41) is 0. The Labute approximate surface area is 183 Å². The van der Waals surface area contributed by atoms with Crippen molar-refractivity contribution in [1.29, 1.82) is 0 Å². The monoisotopic (exact) mass is 417 g/mol. The zero-order valence-corrected chi connectivity index (χ0v) is 17.7. The number of likely N-dealkylation sites (tertiary alicyclic amines) is 1. The van der Waals surface area contributed by atoms with E-state index in [9.17, 15) is 0 Å². The van der Waals surface area contributed by atoms with Gasteiger partial charge in [-0.25, -0.2) is 0 Å². The topological polar surface area (TPSA) is 40.2 Å². The summed E-state index contributed by atoms with van der Waals surface area (Å²) in [7, 11) is 1.70. The van der Waals surface area contributed by atoms with Gasteiger partial charge in [0.1, 0.15) is 18.1 Å². The maximum absolute atomic E-state index is 5.99. The van der Waals surface area contributed by atoms with Crippen molar-refractivity contribution in [3.8, 4) is 23.0 Å². The number of benzene rings is 3. The van der Waals surface area contributed by atoms with Crippen molar-refractivity contribution in [2.75, 3.05) is 33.6 Å². The van der Waals surface area contributed by atoms with E-state index in [1.807, 2.05) is 48.5 Å². The molecule has 0 radical (unpaired) electrons. The highest BCUT2D eigenvalue weighted by Crippen LogP contribution is 2.43. The van der Waals surface area contributed by atoms with Gasteiger partial charge in [0.15, 0.2) is 11.5 Å². The van der Waals surface area contributed by atoms with Gasteiger partial charge in [-0.05, 0) is 59.9 Å². The standard InChI is InChI=1S/C26H27NO4/c1-28-22-10-7-19(8-11-22)24-15-21(20-9-12-25-26(16-20)31-18-30-25)17-27(24)13-14-29-23-5-3-2-4-6-23/h2-12,16,21,24H,13-15,17-18H2,1H3/t21-,24+/m1/s1. The molecule has 0 bridgehead atoms. The third-order valence-electron chi connectivity index (χ3n) is 6.16. The van der Waals surface area contributed by atoms with Crippen molar-refractivity contribution in [3.63, 3.8) is 0 Å². The summed E-state index contributed by atoms with van der Waals surface area (Å²) in [5.41, 5.74) is 2.61. The van der Waals surface area contributed by atoms with Gasteiger partial charge >= 0.3 is 0 Å². The predicted octanol–water partition coefficient (Wildman–Crippen LogP) is 5.03. The molecule has 5 heteroatoms. The molecular weight excluding hydrogens is 390 g/mol. The Kier molecular flexibility index (Phi) is 5.67. The van der Waals surface area contributed by atoms with Gasteiger partial charge in [-0.1, -0.05) is 36.4 Å². The van der Waals surface area contributed by atoms with Gasteiger partial charge in [0.2, 0.25) is 6.79 Å². The van der Waals surface area contributed by atoms with E-state index in [0.717, 1.165) is 42.5 Å². The predicted molar refractivity (Wildman–Crippen MR) is 119 cm³/mol. The van der Waals surface area contributed by atoms with E-state index in [4.69, 9.17) is 18.9 Å². The van der Waals surface area contributed by atoms with Crippen LogP contribution in [-0.4, -0.2) is 38.5 Å². The molecule has 3 aromatic rings. The Morgan fingerprint density at radius 2 is 1.65 bits per heavy atom. The molecule has 160 valence electrons. The normalized spacial score (nSPS) is 20.0. The van der Waals surface area contributed by atoms with Crippen LogP contribution in [0.4, 0.5) is 0 Å². The number of fused-ring (bicyclic) bond motifs is 1. The largest absolute Gasteiger partial charge is 0.497 e. The van der Waals surface area contributed by atoms with E-state index in [1.165, 1.54) is 11.1 Å². The molecule has 0 N–H and O–H groups in total. The van der Waals surface area contributed by atoms with Gasteiger partial charge in [0.05, 0.1) is 7.11 Å². The molecule has 1 fully saturated rings. The van der Waals surface area contributed by atoms with Crippen molar-refractivity contribution >= 4 is 0 Å². The third-order valence-corrected chi connectivity index (χ3v) is 6.16. The molecule has 31 heavy (non-hydrogen) atoms. The summed E-state index contributed by atoms with van der Waals surface area (Å²) >= 11 is 0. The van der Waals surface area contributed by atoms with E-state index < -0.39 is 0 Å². The quantitative estimate of drug-likeness (QED) is 0.539. The Bertz CT molecular complexity index is 1010. The van der Waals surface area contributed by atoms with Crippen LogP contribution < -0.4 is 18.9 Å². The van der Waals surface area contributed by atoms with Gasteiger partial charge in [-0.15, -0.1) is 0 Å². The first-order chi connectivity index (χ1) is 15.3. The summed E-state index contributed by atoms with van der Waals surface area (Å²) < 4.78 is 22.4. The summed E-state index contributed by atoms with van der Waals surface area (Å²) in [6.07, 6.45) is 1.05. The number of nitrogens with zero attached hydrogens (tertiary/aromatic N) is 1. The molecule has 5 rings (SSSR count). The number of hydrogen-bond donors (Lipinski definition) is 0. The van der Waals surface area contributed by atoms with Crippen LogP contribution in [-0.2, 0) is 0 Å². The molecular formula is C26H27NO4. The minimum Gasteiger partial charge on any atom is -0.497 e. The molecule has 0 spiro atoms. The average molecular weight is 418 g/mol. The zero-order chi connectivity index (χ0) is 21.0. The molecule has 2 heterocycles. The molecule has 0 aliphatic carbocycles. The average Bonchev–Trinajstić information content (AvgIpc) is 3.46. The lowest BCUT2D eigenvalue weighted by Gasteiger charge is -2.25. The smallest absolute Gasteiger partial charge is 0.231 e. The maximum Gasteiger partial charge on any atom is 0.231 e. The van der Waals surface area contributed by atoms with Crippen LogP contribution in [0.15, 0.2) is 72.8 Å². The summed E-state index contributed by atoms with van der Waals surface area (Å²) in [4.78, 5) is 2.53. The molecule has 0 unspecified atom stereocenters. The number of ether oxygens (including phenoxy) is 4. The Morgan fingerprint density at radius 1 is 0.871 bits per heavy atom. The van der Waals surface area contributed by atoms with Crippen molar-refractivity contribution < 1.29 is 18.9 Å². The maximum atomic E-state index is 5.99. The fourth-order valence-corrected chi connectivity index (χ4v) is 4.53. The Hall–Kier alpha value is -3.18. The fraction of sp³-hybridized carbons (Fsp3) is 0.308. The Balaban J connectivity index is 1.33. The van der Waals surface area contributed by atoms with Crippen LogP contribution >= 0.6 is 0 Å². The first-order valence-corrected chi connectivity index (χ1v) is 10.8. The summed E-state index contributed by atoms with van der Waals surface area (Å²) in [6.45, 7) is 2.81. The first-order valence-electron chi connectivity index (χ1n) is 10.8. The lowest BCUT2D eigenvalue weighted by molar-refractivity contribution is 0.174. The lowest BCUT2D eigenvalue weighted by atomic mass is 9.93. The van der Waals surface area contributed by atoms with Crippen LogP contribution in [0.5, 0.6) is 23.0 Å². The van der Waals surface area contributed by atoms with Crippen molar-refractivity contribution in [1.82, 2.24) is 4.90 Å². The molecule has 0 aromatic heterocycles. The van der Waals surface area contributed by atoms with Crippen molar-refractivity contribution in [2.24, 2.45) is 0 Å². The van der Waals surface area contributed by atoms with E-state index in [0.29, 0.717) is 25.4 Å². The number of hydrogen-bond acceptors (Lipinski definition) is 5. The Morgan fingerprint density at radius 3 is 2.45 bits per heavy atom. The minimum atomic E-state index is 0.306. The summed E-state index contributed by atoms with van der Waals surface area (Å²) in [6, 6.07) is 25.1. The first kappa shape index (κ1) is 19.8. The number of rotatable bonds is 7. The number of methoxy groups -OCH3 is 1. The molecule has 0 saturated carbocycles. The van der Waals surface area contributed by atoms with Gasteiger partial charge < -0.3 is 18.9 Å². The molecule has 3 aromatic carbocycles. The third kappa shape index (κ3) is 4.32. The SMILES string of the molecule is COc1ccc([C@@H]2C[C@@H](c3ccc4c(c3)OCO4)CN2CCOc2ccccc2)cc1. The second-order valence-corrected chi connectivity index (χ2v) is 7.99. The lowest BCUT2D eigenvalue weighted by Crippen LogP contribution is -2.28. The molecule has 5 nitrogen and oxygen atoms in total. The van der Waals surface area contributed by atoms with E-state index >= 15 is 0 Å². The van der Waals surface area contributed by atoms with Gasteiger partial charge in [0, 0.05) is 19.1 Å². The van der Waals surface area contributed by atoms with Crippen LogP contribution in [0.2, 0.25) is 0 Å². The van der Waals surface area contributed by atoms with Gasteiger partial charge in [0.25, 0.3) is 0 Å². The highest BCUT2D eigenvalue weighted by molar-refractivity contribution is 5.46. The fourth-order valence-electron chi connectivity index (χ4n) is 4.53. The second-order valence-electron chi connectivity index (χ2n) is 7.99. The highest BCUT2D eigenvalue weighted by Gasteiger charge is 2.34. The zero-order valence-electron chi connectivity index (χ0n) is 17.7. The van der Waals surface area contributed by atoms with Gasteiger partial charge in [-0.3, -0.25) is 4.90 Å². The van der Waals surface area contributed by atoms with E-state index in [1.54, 1.807) is 7.11 Å². The molecule has 0 amide bonds. The summed E-state index contributed by atoms with van der Waals surface area (Å²) in [5.74, 6) is 3.91. The number of para-hydroxylation sites is 1. The molecule has 2 aliphatic heterocycles. The molecule has 1 saturated heterocycles.